The van der Waals surface area contributed by atoms with Gasteiger partial charge in [-0.15, -0.1) is 0 Å². The van der Waals surface area contributed by atoms with Crippen LogP contribution in [-0.4, -0.2) is 29.0 Å². The minimum atomic E-state index is -0.471. The number of aromatic nitrogens is 2. The van der Waals surface area contributed by atoms with E-state index >= 15 is 0 Å². The number of carbonyl (C=O) groups is 1. The summed E-state index contributed by atoms with van der Waals surface area (Å²) in [5.41, 5.74) is 1.46. The summed E-state index contributed by atoms with van der Waals surface area (Å²) < 4.78 is 14.3. The first-order valence-electron chi connectivity index (χ1n) is 9.90. The Morgan fingerprint density at radius 1 is 1.19 bits per heavy atom. The Bertz CT molecular complexity index is 1150. The monoisotopic (exact) mass is 443 g/mol. The number of halogens is 1. The number of nitrogens with one attached hydrogen (secondary N) is 1. The third kappa shape index (κ3) is 4.61. The van der Waals surface area contributed by atoms with Gasteiger partial charge in [0, 0.05) is 12.6 Å². The van der Waals surface area contributed by atoms with E-state index < -0.39 is 5.91 Å². The highest BCUT2D eigenvalue weighted by Crippen LogP contribution is 2.37. The summed E-state index contributed by atoms with van der Waals surface area (Å²) in [5, 5.41) is 2.99. The topological polar surface area (TPSA) is 74.5 Å². The number of anilines is 1. The van der Waals surface area contributed by atoms with Crippen molar-refractivity contribution in [3.05, 3.63) is 69.1 Å². The molecule has 0 aliphatic rings. The Hall–Kier alpha value is -3.19. The molecule has 0 spiro atoms. The largest absolute Gasteiger partial charge is 0.493 e. The molecular weight excluding hydrogens is 418 g/mol. The third-order valence-electron chi connectivity index (χ3n) is 4.85. The van der Waals surface area contributed by atoms with Crippen LogP contribution >= 0.6 is 11.6 Å². The molecule has 3 aromatic rings. The zero-order valence-corrected chi connectivity index (χ0v) is 19.0. The molecule has 164 valence electrons. The maximum absolute atomic E-state index is 13.0. The van der Waals surface area contributed by atoms with Gasteiger partial charge in [-0.25, -0.2) is 4.68 Å². The van der Waals surface area contributed by atoms with Gasteiger partial charge in [-0.2, -0.15) is 0 Å². The number of nitrogens with zero attached hydrogens (tertiary/aromatic N) is 2. The van der Waals surface area contributed by atoms with Crippen molar-refractivity contribution < 1.29 is 14.3 Å². The molecule has 0 saturated heterocycles. The minimum absolute atomic E-state index is 0.201. The summed E-state index contributed by atoms with van der Waals surface area (Å²) in [6.45, 7) is 6.27. The average molecular weight is 444 g/mol. The molecule has 1 aromatic heterocycles. The van der Waals surface area contributed by atoms with Crippen molar-refractivity contribution >= 4 is 23.2 Å². The Labute approximate surface area is 186 Å². The molecule has 2 aromatic carbocycles. The number of carbonyl (C=O) groups excluding carboxylic acids is 1. The van der Waals surface area contributed by atoms with Crippen LogP contribution in [0.5, 0.6) is 11.5 Å². The fourth-order valence-corrected chi connectivity index (χ4v) is 3.40. The summed E-state index contributed by atoms with van der Waals surface area (Å²) in [7, 11) is 3.25. The normalized spacial score (nSPS) is 10.9. The molecule has 31 heavy (non-hydrogen) atoms. The number of rotatable bonds is 7. The lowest BCUT2D eigenvalue weighted by Gasteiger charge is -2.15. The summed E-state index contributed by atoms with van der Waals surface area (Å²) in [6.07, 6.45) is 0. The van der Waals surface area contributed by atoms with Gasteiger partial charge >= 0.3 is 0 Å². The molecule has 0 bridgehead atoms. The SMILES string of the molecule is COc1cc(C(=O)Nc2c(C)n(C)n(-c3ccccc3)c2=O)cc(Cl)c1OCC(C)C. The number of ether oxygens (including phenoxy) is 2. The van der Waals surface area contributed by atoms with Crippen molar-refractivity contribution in [2.24, 2.45) is 13.0 Å². The van der Waals surface area contributed by atoms with E-state index in [4.69, 9.17) is 21.1 Å². The first kappa shape index (κ1) is 22.5. The second-order valence-electron chi connectivity index (χ2n) is 7.58. The van der Waals surface area contributed by atoms with Gasteiger partial charge in [-0.1, -0.05) is 43.6 Å². The molecule has 0 aliphatic heterocycles. The lowest BCUT2D eigenvalue weighted by molar-refractivity contribution is 0.102. The molecule has 1 heterocycles. The number of methoxy groups -OCH3 is 1. The van der Waals surface area contributed by atoms with Crippen LogP contribution in [0.1, 0.15) is 29.9 Å². The van der Waals surface area contributed by atoms with Crippen LogP contribution in [0.2, 0.25) is 5.02 Å². The van der Waals surface area contributed by atoms with Crippen molar-refractivity contribution in [1.82, 2.24) is 9.36 Å². The van der Waals surface area contributed by atoms with E-state index in [-0.39, 0.29) is 21.8 Å². The highest BCUT2D eigenvalue weighted by Gasteiger charge is 2.21. The van der Waals surface area contributed by atoms with E-state index in [1.807, 2.05) is 44.2 Å². The van der Waals surface area contributed by atoms with Gasteiger partial charge in [-0.05, 0) is 37.1 Å². The van der Waals surface area contributed by atoms with Gasteiger partial charge in [0.2, 0.25) is 0 Å². The Balaban J connectivity index is 1.94. The van der Waals surface area contributed by atoms with Crippen LogP contribution in [0, 0.1) is 12.8 Å². The van der Waals surface area contributed by atoms with Crippen LogP contribution in [0.4, 0.5) is 5.69 Å². The molecule has 0 atom stereocenters. The van der Waals surface area contributed by atoms with Gasteiger partial charge in [0.25, 0.3) is 11.5 Å². The molecule has 0 unspecified atom stereocenters. The maximum atomic E-state index is 13.0. The van der Waals surface area contributed by atoms with E-state index in [1.165, 1.54) is 17.9 Å². The van der Waals surface area contributed by atoms with E-state index in [0.717, 1.165) is 0 Å². The van der Waals surface area contributed by atoms with Gasteiger partial charge in [0.05, 0.1) is 30.1 Å². The fourth-order valence-electron chi connectivity index (χ4n) is 3.14. The zero-order chi connectivity index (χ0) is 22.7. The predicted molar refractivity (Wildman–Crippen MR) is 122 cm³/mol. The second-order valence-corrected chi connectivity index (χ2v) is 7.99. The standard InChI is InChI=1S/C23H26ClN3O4/c1-14(2)13-31-21-18(24)11-16(12-19(21)30-5)22(28)25-20-15(3)26(4)27(23(20)29)17-9-7-6-8-10-17/h6-12,14H,13H2,1-5H3,(H,25,28). The van der Waals surface area contributed by atoms with Crippen LogP contribution in [0.15, 0.2) is 47.3 Å². The second kappa shape index (κ2) is 9.31. The van der Waals surface area contributed by atoms with Gasteiger partial charge in [0.1, 0.15) is 5.69 Å². The summed E-state index contributed by atoms with van der Waals surface area (Å²) >= 11 is 6.36. The quantitative estimate of drug-likeness (QED) is 0.586. The summed E-state index contributed by atoms with van der Waals surface area (Å²) in [4.78, 5) is 26.0. The molecule has 0 aliphatic carbocycles. The first-order chi connectivity index (χ1) is 14.7. The lowest BCUT2D eigenvalue weighted by Crippen LogP contribution is -2.23. The van der Waals surface area contributed by atoms with Crippen molar-refractivity contribution in [3.63, 3.8) is 0 Å². The van der Waals surface area contributed by atoms with Crippen LogP contribution < -0.4 is 20.3 Å². The molecule has 8 heteroatoms. The average Bonchev–Trinajstić information content (AvgIpc) is 2.95. The summed E-state index contributed by atoms with van der Waals surface area (Å²) in [5.74, 6) is 0.569. The lowest BCUT2D eigenvalue weighted by atomic mass is 10.1. The van der Waals surface area contributed by atoms with Crippen LogP contribution in [-0.2, 0) is 7.05 Å². The number of benzene rings is 2. The van der Waals surface area contributed by atoms with E-state index in [9.17, 15) is 9.59 Å². The zero-order valence-electron chi connectivity index (χ0n) is 18.2. The highest BCUT2D eigenvalue weighted by atomic mass is 35.5. The Kier molecular flexibility index (Phi) is 6.75. The van der Waals surface area contributed by atoms with Crippen molar-refractivity contribution in [1.29, 1.82) is 0 Å². The summed E-state index contributed by atoms with van der Waals surface area (Å²) in [6, 6.07) is 12.3. The van der Waals surface area contributed by atoms with Gasteiger partial charge < -0.3 is 14.8 Å². The van der Waals surface area contributed by atoms with E-state index in [2.05, 4.69) is 5.32 Å². The smallest absolute Gasteiger partial charge is 0.295 e. The number of hydrogen-bond acceptors (Lipinski definition) is 4. The number of hydrogen-bond donors (Lipinski definition) is 1. The van der Waals surface area contributed by atoms with Crippen LogP contribution in [0.3, 0.4) is 0 Å². The van der Waals surface area contributed by atoms with Gasteiger partial charge in [-0.3, -0.25) is 14.3 Å². The molecule has 0 saturated carbocycles. The fraction of sp³-hybridized carbons (Fsp3) is 0.304. The third-order valence-corrected chi connectivity index (χ3v) is 5.13. The molecular formula is C23H26ClN3O4. The first-order valence-corrected chi connectivity index (χ1v) is 10.3. The highest BCUT2D eigenvalue weighted by molar-refractivity contribution is 6.32. The van der Waals surface area contributed by atoms with Gasteiger partial charge in [0.15, 0.2) is 11.5 Å². The Morgan fingerprint density at radius 3 is 2.48 bits per heavy atom. The predicted octanol–water partition coefficient (Wildman–Crippen LogP) is 4.43. The minimum Gasteiger partial charge on any atom is -0.493 e. The molecule has 0 radical (unpaired) electrons. The van der Waals surface area contributed by atoms with E-state index in [0.29, 0.717) is 35.4 Å². The van der Waals surface area contributed by atoms with Crippen molar-refractivity contribution in [2.45, 2.75) is 20.8 Å². The van der Waals surface area contributed by atoms with E-state index in [1.54, 1.807) is 24.7 Å². The van der Waals surface area contributed by atoms with Crippen molar-refractivity contribution in [2.75, 3.05) is 19.0 Å². The molecule has 3 rings (SSSR count). The molecule has 1 N–H and O–H groups in total. The Morgan fingerprint density at radius 2 is 1.87 bits per heavy atom. The molecule has 0 fully saturated rings. The number of amides is 1. The molecule has 7 nitrogen and oxygen atoms in total. The maximum Gasteiger partial charge on any atom is 0.295 e. The number of para-hydroxylation sites is 1. The van der Waals surface area contributed by atoms with Crippen molar-refractivity contribution in [3.8, 4) is 17.2 Å². The molecule has 1 amide bonds. The van der Waals surface area contributed by atoms with Crippen LogP contribution in [0.25, 0.3) is 5.69 Å².